The predicted molar refractivity (Wildman–Crippen MR) is 106 cm³/mol. The fourth-order valence-corrected chi connectivity index (χ4v) is 3.15. The number of ether oxygens (including phenoxy) is 3. The first-order chi connectivity index (χ1) is 14.0. The summed E-state index contributed by atoms with van der Waals surface area (Å²) in [5, 5.41) is 4.68. The average Bonchev–Trinajstić information content (AvgIpc) is 3.20. The number of benzene rings is 2. The highest BCUT2D eigenvalue weighted by Crippen LogP contribution is 2.34. The van der Waals surface area contributed by atoms with Gasteiger partial charge in [0, 0.05) is 10.9 Å². The third kappa shape index (κ3) is 5.08. The number of anilines is 1. The number of hydrogen-bond donors (Lipinski definition) is 1. The molecule has 0 bridgehead atoms. The van der Waals surface area contributed by atoms with Crippen LogP contribution in [0.3, 0.4) is 0 Å². The molecule has 0 aliphatic heterocycles. The second-order valence-electron chi connectivity index (χ2n) is 5.74. The number of nitrogens with zero attached hydrogens (tertiary/aromatic N) is 1. The topological polar surface area (TPSA) is 86.8 Å². The van der Waals surface area contributed by atoms with Crippen LogP contribution in [0.5, 0.6) is 11.5 Å². The minimum absolute atomic E-state index is 0.154. The molecule has 1 amide bonds. The quantitative estimate of drug-likeness (QED) is 0.590. The van der Waals surface area contributed by atoms with Crippen molar-refractivity contribution in [3.8, 4) is 22.8 Å². The van der Waals surface area contributed by atoms with Crippen molar-refractivity contribution in [1.82, 2.24) is 4.98 Å². The van der Waals surface area contributed by atoms with Crippen molar-refractivity contribution in [2.24, 2.45) is 0 Å². The van der Waals surface area contributed by atoms with Crippen LogP contribution in [0.25, 0.3) is 11.3 Å². The van der Waals surface area contributed by atoms with Crippen molar-refractivity contribution < 1.29 is 28.2 Å². The molecule has 1 N–H and O–H groups in total. The van der Waals surface area contributed by atoms with Gasteiger partial charge in [-0.2, -0.15) is 0 Å². The Kier molecular flexibility index (Phi) is 6.40. The Balaban J connectivity index is 1.62. The van der Waals surface area contributed by atoms with Crippen LogP contribution in [-0.4, -0.2) is 37.7 Å². The number of carbonyl (C=O) groups excluding carboxylic acids is 2. The van der Waals surface area contributed by atoms with Gasteiger partial charge < -0.3 is 14.2 Å². The molecule has 0 saturated carbocycles. The SMILES string of the molecule is COc1ccc(OC)c(-c2csc(NC(=O)COC(=O)c3ccc(F)cc3)n2)c1. The minimum atomic E-state index is -0.721. The highest BCUT2D eigenvalue weighted by molar-refractivity contribution is 7.14. The first-order valence-electron chi connectivity index (χ1n) is 8.40. The molecule has 7 nitrogen and oxygen atoms in total. The lowest BCUT2D eigenvalue weighted by Crippen LogP contribution is -2.20. The monoisotopic (exact) mass is 416 g/mol. The summed E-state index contributed by atoms with van der Waals surface area (Å²) < 4.78 is 28.4. The zero-order valence-electron chi connectivity index (χ0n) is 15.6. The zero-order valence-corrected chi connectivity index (χ0v) is 16.4. The van der Waals surface area contributed by atoms with Gasteiger partial charge in [0.2, 0.25) is 0 Å². The molecule has 3 rings (SSSR count). The largest absolute Gasteiger partial charge is 0.497 e. The highest BCUT2D eigenvalue weighted by Gasteiger charge is 2.14. The molecule has 29 heavy (non-hydrogen) atoms. The number of thiazole rings is 1. The van der Waals surface area contributed by atoms with Crippen molar-refractivity contribution in [2.75, 3.05) is 26.1 Å². The van der Waals surface area contributed by atoms with E-state index in [1.54, 1.807) is 37.8 Å². The van der Waals surface area contributed by atoms with Crippen molar-refractivity contribution in [3.63, 3.8) is 0 Å². The Morgan fingerprint density at radius 3 is 2.55 bits per heavy atom. The zero-order chi connectivity index (χ0) is 20.8. The fourth-order valence-electron chi connectivity index (χ4n) is 2.42. The Bertz CT molecular complexity index is 1020. The maximum absolute atomic E-state index is 12.9. The summed E-state index contributed by atoms with van der Waals surface area (Å²) in [7, 11) is 3.11. The predicted octanol–water partition coefficient (Wildman–Crippen LogP) is 3.76. The normalized spacial score (nSPS) is 10.3. The number of rotatable bonds is 7. The van der Waals surface area contributed by atoms with Crippen LogP contribution >= 0.6 is 11.3 Å². The van der Waals surface area contributed by atoms with Gasteiger partial charge in [-0.1, -0.05) is 0 Å². The number of hydrogen-bond acceptors (Lipinski definition) is 7. The third-order valence-corrected chi connectivity index (χ3v) is 4.61. The van der Waals surface area contributed by atoms with E-state index >= 15 is 0 Å². The molecule has 1 aromatic heterocycles. The van der Waals surface area contributed by atoms with Crippen LogP contribution in [0.2, 0.25) is 0 Å². The molecule has 0 radical (unpaired) electrons. The summed E-state index contributed by atoms with van der Waals surface area (Å²) in [4.78, 5) is 28.3. The molecule has 0 saturated heterocycles. The van der Waals surface area contributed by atoms with E-state index in [-0.39, 0.29) is 5.56 Å². The van der Waals surface area contributed by atoms with E-state index in [1.807, 2.05) is 0 Å². The number of methoxy groups -OCH3 is 2. The number of carbonyl (C=O) groups is 2. The smallest absolute Gasteiger partial charge is 0.338 e. The molecule has 0 aliphatic carbocycles. The fraction of sp³-hybridized carbons (Fsp3) is 0.150. The molecule has 0 atom stereocenters. The van der Waals surface area contributed by atoms with Crippen molar-refractivity contribution in [3.05, 3.63) is 59.2 Å². The third-order valence-electron chi connectivity index (χ3n) is 3.85. The first kappa shape index (κ1) is 20.3. The number of halogens is 1. The van der Waals surface area contributed by atoms with E-state index in [0.717, 1.165) is 12.1 Å². The second kappa shape index (κ2) is 9.16. The lowest BCUT2D eigenvalue weighted by Gasteiger charge is -2.08. The van der Waals surface area contributed by atoms with Crippen LogP contribution in [-0.2, 0) is 9.53 Å². The molecule has 0 unspecified atom stereocenters. The van der Waals surface area contributed by atoms with Gasteiger partial charge in [-0.05, 0) is 42.5 Å². The van der Waals surface area contributed by atoms with Crippen molar-refractivity contribution in [1.29, 1.82) is 0 Å². The maximum Gasteiger partial charge on any atom is 0.338 e. The summed E-state index contributed by atoms with van der Waals surface area (Å²) in [6, 6.07) is 10.2. The van der Waals surface area contributed by atoms with Gasteiger partial charge in [-0.25, -0.2) is 14.2 Å². The molecule has 0 spiro atoms. The second-order valence-corrected chi connectivity index (χ2v) is 6.59. The molecular weight excluding hydrogens is 399 g/mol. The first-order valence-corrected chi connectivity index (χ1v) is 9.28. The van der Waals surface area contributed by atoms with Gasteiger partial charge in [0.1, 0.15) is 17.3 Å². The van der Waals surface area contributed by atoms with Crippen LogP contribution in [0.4, 0.5) is 9.52 Å². The summed E-state index contributed by atoms with van der Waals surface area (Å²) in [6.07, 6.45) is 0. The van der Waals surface area contributed by atoms with Gasteiger partial charge in [0.15, 0.2) is 11.7 Å². The van der Waals surface area contributed by atoms with E-state index in [9.17, 15) is 14.0 Å². The number of amides is 1. The molecule has 1 heterocycles. The Morgan fingerprint density at radius 1 is 1.10 bits per heavy atom. The maximum atomic E-state index is 12.9. The molecule has 3 aromatic rings. The van der Waals surface area contributed by atoms with Crippen LogP contribution < -0.4 is 14.8 Å². The van der Waals surface area contributed by atoms with Gasteiger partial charge in [0.05, 0.1) is 25.5 Å². The lowest BCUT2D eigenvalue weighted by atomic mass is 10.1. The van der Waals surface area contributed by atoms with Gasteiger partial charge in [-0.15, -0.1) is 11.3 Å². The van der Waals surface area contributed by atoms with Crippen molar-refractivity contribution >= 4 is 28.3 Å². The van der Waals surface area contributed by atoms with E-state index in [0.29, 0.717) is 27.9 Å². The van der Waals surface area contributed by atoms with Gasteiger partial charge >= 0.3 is 5.97 Å². The average molecular weight is 416 g/mol. The molecule has 150 valence electrons. The van der Waals surface area contributed by atoms with Gasteiger partial charge in [0.25, 0.3) is 5.91 Å². The van der Waals surface area contributed by atoms with E-state index < -0.39 is 24.3 Å². The summed E-state index contributed by atoms with van der Waals surface area (Å²) in [5.41, 5.74) is 1.47. The molecular formula is C20H17FN2O5S. The highest BCUT2D eigenvalue weighted by atomic mass is 32.1. The minimum Gasteiger partial charge on any atom is -0.497 e. The van der Waals surface area contributed by atoms with Gasteiger partial charge in [-0.3, -0.25) is 10.1 Å². The van der Waals surface area contributed by atoms with E-state index in [1.165, 1.54) is 23.5 Å². The Labute approximate surface area is 170 Å². The van der Waals surface area contributed by atoms with Crippen LogP contribution in [0, 0.1) is 5.82 Å². The Morgan fingerprint density at radius 2 is 1.86 bits per heavy atom. The van der Waals surface area contributed by atoms with Crippen molar-refractivity contribution in [2.45, 2.75) is 0 Å². The number of esters is 1. The summed E-state index contributed by atoms with van der Waals surface area (Å²) >= 11 is 1.22. The summed E-state index contributed by atoms with van der Waals surface area (Å²) in [5.74, 6) is -0.471. The number of aromatic nitrogens is 1. The Hall–Kier alpha value is -3.46. The molecule has 9 heteroatoms. The lowest BCUT2D eigenvalue weighted by molar-refractivity contribution is -0.119. The molecule has 2 aromatic carbocycles. The van der Waals surface area contributed by atoms with Crippen LogP contribution in [0.15, 0.2) is 47.8 Å². The standard InChI is InChI=1S/C20H17FN2O5S/c1-26-14-7-8-17(27-2)15(9-14)16-11-29-20(22-16)23-18(24)10-28-19(25)12-3-5-13(21)6-4-12/h3-9,11H,10H2,1-2H3,(H,22,23,24). The van der Waals surface area contributed by atoms with E-state index in [4.69, 9.17) is 14.2 Å². The van der Waals surface area contributed by atoms with Crippen LogP contribution in [0.1, 0.15) is 10.4 Å². The number of nitrogens with one attached hydrogen (secondary N) is 1. The summed E-state index contributed by atoms with van der Waals surface area (Å²) in [6.45, 7) is -0.492. The van der Waals surface area contributed by atoms with E-state index in [2.05, 4.69) is 10.3 Å². The molecule has 0 aliphatic rings. The molecule has 0 fully saturated rings.